The highest BCUT2D eigenvalue weighted by molar-refractivity contribution is 7.09. The summed E-state index contributed by atoms with van der Waals surface area (Å²) in [5.41, 5.74) is 7.14. The van der Waals surface area contributed by atoms with Crippen molar-refractivity contribution in [2.75, 3.05) is 20.7 Å². The van der Waals surface area contributed by atoms with Gasteiger partial charge in [-0.3, -0.25) is 4.90 Å². The summed E-state index contributed by atoms with van der Waals surface area (Å²) in [6.07, 6.45) is 0. The molecule has 0 aliphatic carbocycles. The zero-order chi connectivity index (χ0) is 13.7. The molecule has 1 atom stereocenters. The molecule has 0 saturated heterocycles. The molecule has 19 heavy (non-hydrogen) atoms. The predicted molar refractivity (Wildman–Crippen MR) is 80.6 cm³/mol. The van der Waals surface area contributed by atoms with E-state index in [0.29, 0.717) is 6.54 Å². The van der Waals surface area contributed by atoms with Crippen LogP contribution in [0.25, 0.3) is 0 Å². The monoisotopic (exact) mass is 276 g/mol. The van der Waals surface area contributed by atoms with E-state index in [9.17, 15) is 0 Å². The molecule has 0 amide bonds. The molecule has 1 aromatic heterocycles. The van der Waals surface area contributed by atoms with Crippen molar-refractivity contribution in [3.63, 3.8) is 0 Å². The minimum atomic E-state index is 0.206. The Labute approximate surface area is 118 Å². The molecule has 1 heterocycles. The lowest BCUT2D eigenvalue weighted by Gasteiger charge is -2.27. The van der Waals surface area contributed by atoms with Gasteiger partial charge in [0.1, 0.15) is 5.75 Å². The molecule has 0 fully saturated rings. The molecule has 0 saturated carbocycles. The van der Waals surface area contributed by atoms with Gasteiger partial charge in [-0.25, -0.2) is 0 Å². The van der Waals surface area contributed by atoms with Crippen molar-refractivity contribution in [1.29, 1.82) is 0 Å². The number of nitrogens with two attached hydrogens (primary N) is 1. The third-order valence-electron chi connectivity index (χ3n) is 3.22. The van der Waals surface area contributed by atoms with E-state index in [1.807, 2.05) is 12.1 Å². The highest BCUT2D eigenvalue weighted by atomic mass is 32.1. The van der Waals surface area contributed by atoms with Crippen LogP contribution in [0.1, 0.15) is 16.5 Å². The number of nitrogens with zero attached hydrogens (tertiary/aromatic N) is 1. The van der Waals surface area contributed by atoms with Gasteiger partial charge in [-0.05, 0) is 36.2 Å². The van der Waals surface area contributed by atoms with Crippen LogP contribution in [-0.2, 0) is 6.54 Å². The molecule has 0 spiro atoms. The topological polar surface area (TPSA) is 38.5 Å². The van der Waals surface area contributed by atoms with Crippen molar-refractivity contribution in [3.05, 3.63) is 52.2 Å². The Morgan fingerprint density at radius 3 is 2.79 bits per heavy atom. The first kappa shape index (κ1) is 14.1. The maximum Gasteiger partial charge on any atom is 0.119 e. The molecule has 2 aromatic rings. The van der Waals surface area contributed by atoms with Gasteiger partial charge in [0.15, 0.2) is 0 Å². The summed E-state index contributed by atoms with van der Waals surface area (Å²) in [5, 5.41) is 2.10. The van der Waals surface area contributed by atoms with Crippen LogP contribution in [0.5, 0.6) is 5.75 Å². The van der Waals surface area contributed by atoms with Crippen LogP contribution in [0.4, 0.5) is 0 Å². The maximum atomic E-state index is 5.95. The van der Waals surface area contributed by atoms with E-state index >= 15 is 0 Å². The number of benzene rings is 1. The second kappa shape index (κ2) is 6.70. The lowest BCUT2D eigenvalue weighted by molar-refractivity contribution is 0.243. The van der Waals surface area contributed by atoms with E-state index in [1.165, 1.54) is 10.4 Å². The third-order valence-corrected chi connectivity index (χ3v) is 4.08. The van der Waals surface area contributed by atoms with Crippen molar-refractivity contribution in [2.24, 2.45) is 5.73 Å². The van der Waals surface area contributed by atoms with E-state index in [4.69, 9.17) is 10.5 Å². The molecule has 0 aliphatic rings. The summed E-state index contributed by atoms with van der Waals surface area (Å²) in [6, 6.07) is 12.6. The highest BCUT2D eigenvalue weighted by Gasteiger charge is 2.16. The molecule has 0 radical (unpaired) electrons. The summed E-state index contributed by atoms with van der Waals surface area (Å²) in [4.78, 5) is 3.63. The van der Waals surface area contributed by atoms with E-state index < -0.39 is 0 Å². The number of methoxy groups -OCH3 is 1. The normalized spacial score (nSPS) is 12.6. The molecule has 102 valence electrons. The lowest BCUT2D eigenvalue weighted by Crippen LogP contribution is -2.29. The van der Waals surface area contributed by atoms with Gasteiger partial charge in [-0.15, -0.1) is 11.3 Å². The van der Waals surface area contributed by atoms with Gasteiger partial charge in [0.2, 0.25) is 0 Å². The Kier molecular flexibility index (Phi) is 4.96. The lowest BCUT2D eigenvalue weighted by atomic mass is 10.1. The van der Waals surface area contributed by atoms with Crippen LogP contribution < -0.4 is 10.5 Å². The summed E-state index contributed by atoms with van der Waals surface area (Å²) in [7, 11) is 3.79. The SMILES string of the molecule is COc1cccc(C(CN)N(C)Cc2cccs2)c1. The van der Waals surface area contributed by atoms with Crippen molar-refractivity contribution in [3.8, 4) is 5.75 Å². The summed E-state index contributed by atoms with van der Waals surface area (Å²) < 4.78 is 5.28. The summed E-state index contributed by atoms with van der Waals surface area (Å²) in [6.45, 7) is 1.51. The minimum Gasteiger partial charge on any atom is -0.497 e. The van der Waals surface area contributed by atoms with Gasteiger partial charge >= 0.3 is 0 Å². The van der Waals surface area contributed by atoms with Crippen LogP contribution in [0.15, 0.2) is 41.8 Å². The first-order chi connectivity index (χ1) is 9.24. The van der Waals surface area contributed by atoms with Crippen molar-refractivity contribution < 1.29 is 4.74 Å². The van der Waals surface area contributed by atoms with E-state index in [-0.39, 0.29) is 6.04 Å². The molecule has 3 nitrogen and oxygen atoms in total. The van der Waals surface area contributed by atoms with Crippen molar-refractivity contribution >= 4 is 11.3 Å². The Hall–Kier alpha value is -1.36. The van der Waals surface area contributed by atoms with Crippen LogP contribution >= 0.6 is 11.3 Å². The Morgan fingerprint density at radius 2 is 2.16 bits per heavy atom. The fraction of sp³-hybridized carbons (Fsp3) is 0.333. The highest BCUT2D eigenvalue weighted by Crippen LogP contribution is 2.24. The fourth-order valence-corrected chi connectivity index (χ4v) is 2.95. The molecule has 1 aromatic carbocycles. The number of hydrogen-bond acceptors (Lipinski definition) is 4. The summed E-state index contributed by atoms with van der Waals surface area (Å²) in [5.74, 6) is 0.875. The first-order valence-corrected chi connectivity index (χ1v) is 7.19. The molecule has 1 unspecified atom stereocenters. The number of likely N-dealkylation sites (N-methyl/N-ethyl adjacent to an activating group) is 1. The quantitative estimate of drug-likeness (QED) is 0.881. The van der Waals surface area contributed by atoms with Gasteiger partial charge < -0.3 is 10.5 Å². The fourth-order valence-electron chi connectivity index (χ4n) is 2.18. The number of hydrogen-bond donors (Lipinski definition) is 1. The van der Waals surface area contributed by atoms with Crippen LogP contribution in [0.2, 0.25) is 0 Å². The van der Waals surface area contributed by atoms with Crippen LogP contribution in [0, 0.1) is 0 Å². The average molecular weight is 276 g/mol. The largest absolute Gasteiger partial charge is 0.497 e. The zero-order valence-electron chi connectivity index (χ0n) is 11.4. The number of rotatable bonds is 6. The van der Waals surface area contributed by atoms with Gasteiger partial charge in [0, 0.05) is 24.0 Å². The minimum absolute atomic E-state index is 0.206. The molecule has 4 heteroatoms. The van der Waals surface area contributed by atoms with E-state index in [1.54, 1.807) is 18.4 Å². The molecular weight excluding hydrogens is 256 g/mol. The Morgan fingerprint density at radius 1 is 1.32 bits per heavy atom. The summed E-state index contributed by atoms with van der Waals surface area (Å²) >= 11 is 1.77. The van der Waals surface area contributed by atoms with Gasteiger partial charge in [-0.2, -0.15) is 0 Å². The number of ether oxygens (including phenoxy) is 1. The van der Waals surface area contributed by atoms with Crippen molar-refractivity contribution in [2.45, 2.75) is 12.6 Å². The van der Waals surface area contributed by atoms with Crippen LogP contribution in [-0.4, -0.2) is 25.6 Å². The standard InChI is InChI=1S/C15H20N2OS/c1-17(11-14-7-4-8-19-14)15(10-16)12-5-3-6-13(9-12)18-2/h3-9,15H,10-11,16H2,1-2H3. The molecular formula is C15H20N2OS. The third kappa shape index (κ3) is 3.56. The molecule has 0 aliphatic heterocycles. The molecule has 0 bridgehead atoms. The van der Waals surface area contributed by atoms with E-state index in [0.717, 1.165) is 12.3 Å². The van der Waals surface area contributed by atoms with Gasteiger partial charge in [0.05, 0.1) is 7.11 Å². The van der Waals surface area contributed by atoms with Gasteiger partial charge in [-0.1, -0.05) is 18.2 Å². The Bertz CT molecular complexity index is 499. The molecule has 2 rings (SSSR count). The second-order valence-electron chi connectivity index (χ2n) is 4.52. The molecule has 2 N–H and O–H groups in total. The smallest absolute Gasteiger partial charge is 0.119 e. The first-order valence-electron chi connectivity index (χ1n) is 6.31. The van der Waals surface area contributed by atoms with E-state index in [2.05, 4.69) is 41.6 Å². The second-order valence-corrected chi connectivity index (χ2v) is 5.55. The van der Waals surface area contributed by atoms with Crippen LogP contribution in [0.3, 0.4) is 0 Å². The van der Waals surface area contributed by atoms with Gasteiger partial charge in [0.25, 0.3) is 0 Å². The van der Waals surface area contributed by atoms with Crippen molar-refractivity contribution in [1.82, 2.24) is 4.90 Å². The zero-order valence-corrected chi connectivity index (χ0v) is 12.2. The average Bonchev–Trinajstić information content (AvgIpc) is 2.92. The maximum absolute atomic E-state index is 5.95. The predicted octanol–water partition coefficient (Wildman–Crippen LogP) is 2.89. The number of thiophene rings is 1. The Balaban J connectivity index is 2.13.